The van der Waals surface area contributed by atoms with Crippen LogP contribution in [0, 0.1) is 5.92 Å². The maximum Gasteiger partial charge on any atom is 0.232 e. The minimum atomic E-state index is -0.573. The zero-order valence-corrected chi connectivity index (χ0v) is 17.1. The maximum atomic E-state index is 13.0. The quantitative estimate of drug-likeness (QED) is 0.628. The number of carbonyl (C=O) groups is 1. The number of hydrogen-bond acceptors (Lipinski definition) is 3. The SMILES string of the molecule is O=C(NC[C@@H](O)CNCC1CCCCCC1)C1c2ccccc2-c2ccccc21. The number of amides is 1. The number of aliphatic hydroxyl groups is 1. The van der Waals surface area contributed by atoms with Gasteiger partial charge in [0.15, 0.2) is 0 Å². The first-order valence-corrected chi connectivity index (χ1v) is 11.1. The Morgan fingerprint density at radius 3 is 2.10 bits per heavy atom. The summed E-state index contributed by atoms with van der Waals surface area (Å²) in [6.07, 6.45) is 7.39. The highest BCUT2D eigenvalue weighted by Crippen LogP contribution is 2.44. The summed E-state index contributed by atoms with van der Waals surface area (Å²) in [6, 6.07) is 16.2. The Bertz CT molecular complexity index is 782. The molecule has 4 rings (SSSR count). The molecule has 2 aromatic carbocycles. The van der Waals surface area contributed by atoms with Crippen LogP contribution in [0.3, 0.4) is 0 Å². The highest BCUT2D eigenvalue weighted by atomic mass is 16.3. The molecule has 0 saturated heterocycles. The van der Waals surface area contributed by atoms with Crippen molar-refractivity contribution in [1.82, 2.24) is 10.6 Å². The average molecular weight is 393 g/mol. The second kappa shape index (κ2) is 9.55. The summed E-state index contributed by atoms with van der Waals surface area (Å²) >= 11 is 0. The van der Waals surface area contributed by atoms with Crippen molar-refractivity contribution in [2.45, 2.75) is 50.5 Å². The third-order valence-corrected chi connectivity index (χ3v) is 6.40. The van der Waals surface area contributed by atoms with Crippen molar-refractivity contribution in [3.05, 3.63) is 59.7 Å². The molecule has 0 aromatic heterocycles. The highest BCUT2D eigenvalue weighted by molar-refractivity contribution is 5.96. The molecule has 0 aliphatic heterocycles. The fourth-order valence-electron chi connectivity index (χ4n) is 4.85. The van der Waals surface area contributed by atoms with Crippen molar-refractivity contribution in [1.29, 1.82) is 0 Å². The van der Waals surface area contributed by atoms with Crippen LogP contribution in [0.5, 0.6) is 0 Å². The minimum absolute atomic E-state index is 0.0368. The summed E-state index contributed by atoms with van der Waals surface area (Å²) in [5.41, 5.74) is 4.36. The molecule has 4 heteroatoms. The van der Waals surface area contributed by atoms with Gasteiger partial charge in [-0.2, -0.15) is 0 Å². The van der Waals surface area contributed by atoms with Crippen molar-refractivity contribution in [2.24, 2.45) is 5.92 Å². The van der Waals surface area contributed by atoms with Gasteiger partial charge in [0, 0.05) is 13.1 Å². The number of nitrogens with one attached hydrogen (secondary N) is 2. The summed E-state index contributed by atoms with van der Waals surface area (Å²) in [5.74, 6) is 0.393. The molecule has 0 spiro atoms. The van der Waals surface area contributed by atoms with E-state index in [-0.39, 0.29) is 18.4 Å². The van der Waals surface area contributed by atoms with Crippen LogP contribution in [0.4, 0.5) is 0 Å². The molecule has 1 fully saturated rings. The van der Waals surface area contributed by atoms with E-state index in [1.165, 1.54) is 38.5 Å². The smallest absolute Gasteiger partial charge is 0.232 e. The fraction of sp³-hybridized carbons (Fsp3) is 0.480. The third kappa shape index (κ3) is 4.71. The van der Waals surface area contributed by atoms with Gasteiger partial charge in [-0.05, 0) is 47.6 Å². The molecule has 0 unspecified atom stereocenters. The maximum absolute atomic E-state index is 13.0. The van der Waals surface area contributed by atoms with Crippen LogP contribution in [-0.2, 0) is 4.79 Å². The summed E-state index contributed by atoms with van der Waals surface area (Å²) in [5, 5.41) is 16.7. The van der Waals surface area contributed by atoms with Crippen molar-refractivity contribution in [2.75, 3.05) is 19.6 Å². The first-order chi connectivity index (χ1) is 14.2. The standard InChI is InChI=1S/C25H32N2O2/c28-19(16-26-15-18-9-3-1-2-4-10-18)17-27-25(29)24-22-13-7-5-11-20(22)21-12-6-8-14-23(21)24/h5-8,11-14,18-19,24,26,28H,1-4,9-10,15-17H2,(H,27,29)/t19-/m0/s1. The molecule has 3 N–H and O–H groups in total. The van der Waals surface area contributed by atoms with Gasteiger partial charge in [-0.15, -0.1) is 0 Å². The van der Waals surface area contributed by atoms with Gasteiger partial charge in [-0.25, -0.2) is 0 Å². The van der Waals surface area contributed by atoms with Crippen LogP contribution in [-0.4, -0.2) is 36.8 Å². The largest absolute Gasteiger partial charge is 0.390 e. The number of aliphatic hydroxyl groups excluding tert-OH is 1. The van der Waals surface area contributed by atoms with Crippen molar-refractivity contribution in [3.63, 3.8) is 0 Å². The van der Waals surface area contributed by atoms with E-state index in [1.54, 1.807) is 0 Å². The van der Waals surface area contributed by atoms with Gasteiger partial charge in [-0.1, -0.05) is 74.2 Å². The van der Waals surface area contributed by atoms with E-state index in [1.807, 2.05) is 36.4 Å². The Hall–Kier alpha value is -2.17. The molecule has 2 aliphatic carbocycles. The molecule has 1 saturated carbocycles. The van der Waals surface area contributed by atoms with Gasteiger partial charge in [0.2, 0.25) is 5.91 Å². The molecule has 1 atom stereocenters. The average Bonchev–Trinajstić information content (AvgIpc) is 2.87. The molecule has 4 nitrogen and oxygen atoms in total. The zero-order valence-electron chi connectivity index (χ0n) is 17.1. The molecule has 154 valence electrons. The van der Waals surface area contributed by atoms with Crippen molar-refractivity contribution < 1.29 is 9.90 Å². The van der Waals surface area contributed by atoms with Gasteiger partial charge < -0.3 is 15.7 Å². The van der Waals surface area contributed by atoms with Crippen LogP contribution in [0.25, 0.3) is 11.1 Å². The van der Waals surface area contributed by atoms with Crippen LogP contribution >= 0.6 is 0 Å². The molecule has 29 heavy (non-hydrogen) atoms. The molecule has 0 bridgehead atoms. The van der Waals surface area contributed by atoms with Crippen molar-refractivity contribution >= 4 is 5.91 Å². The Morgan fingerprint density at radius 1 is 0.897 bits per heavy atom. The third-order valence-electron chi connectivity index (χ3n) is 6.40. The van der Waals surface area contributed by atoms with Crippen LogP contribution < -0.4 is 10.6 Å². The van der Waals surface area contributed by atoms with E-state index >= 15 is 0 Å². The normalized spacial score (nSPS) is 18.0. The lowest BCUT2D eigenvalue weighted by Gasteiger charge is -2.19. The predicted octanol–water partition coefficient (Wildman–Crippen LogP) is 3.84. The summed E-state index contributed by atoms with van der Waals surface area (Å²) in [4.78, 5) is 13.0. The van der Waals surface area contributed by atoms with E-state index in [4.69, 9.17) is 0 Å². The first-order valence-electron chi connectivity index (χ1n) is 11.1. The van der Waals surface area contributed by atoms with E-state index in [9.17, 15) is 9.90 Å². The molecule has 1 amide bonds. The Morgan fingerprint density at radius 2 is 1.48 bits per heavy atom. The first kappa shape index (κ1) is 20.1. The van der Waals surface area contributed by atoms with Gasteiger partial charge >= 0.3 is 0 Å². The topological polar surface area (TPSA) is 61.4 Å². The monoisotopic (exact) mass is 392 g/mol. The summed E-state index contributed by atoms with van der Waals surface area (Å²) in [7, 11) is 0. The molecular formula is C25H32N2O2. The number of carbonyl (C=O) groups excluding carboxylic acids is 1. The minimum Gasteiger partial charge on any atom is -0.390 e. The van der Waals surface area contributed by atoms with Gasteiger partial charge in [0.05, 0.1) is 12.0 Å². The van der Waals surface area contributed by atoms with Crippen molar-refractivity contribution in [3.8, 4) is 11.1 Å². The van der Waals surface area contributed by atoms with E-state index in [0.29, 0.717) is 6.54 Å². The van der Waals surface area contributed by atoms with Crippen LogP contribution in [0.1, 0.15) is 55.6 Å². The Balaban J connectivity index is 1.29. The second-order valence-corrected chi connectivity index (χ2v) is 8.52. The predicted molar refractivity (Wildman–Crippen MR) is 117 cm³/mol. The number of fused-ring (bicyclic) bond motifs is 3. The molecule has 0 heterocycles. The zero-order chi connectivity index (χ0) is 20.1. The van der Waals surface area contributed by atoms with Crippen LogP contribution in [0.15, 0.2) is 48.5 Å². The second-order valence-electron chi connectivity index (χ2n) is 8.52. The molecule has 0 radical (unpaired) electrons. The molecule has 2 aromatic rings. The van der Waals surface area contributed by atoms with E-state index < -0.39 is 6.10 Å². The van der Waals surface area contributed by atoms with Gasteiger partial charge in [0.25, 0.3) is 0 Å². The van der Waals surface area contributed by atoms with E-state index in [0.717, 1.165) is 34.7 Å². The highest BCUT2D eigenvalue weighted by Gasteiger charge is 2.33. The molecule has 2 aliphatic rings. The van der Waals surface area contributed by atoms with E-state index in [2.05, 4.69) is 22.8 Å². The van der Waals surface area contributed by atoms with Gasteiger partial charge in [-0.3, -0.25) is 4.79 Å². The lowest BCUT2D eigenvalue weighted by Crippen LogP contribution is -2.40. The fourth-order valence-corrected chi connectivity index (χ4v) is 4.85. The van der Waals surface area contributed by atoms with Gasteiger partial charge in [0.1, 0.15) is 0 Å². The Kier molecular flexibility index (Phi) is 6.63. The molecular weight excluding hydrogens is 360 g/mol. The lowest BCUT2D eigenvalue weighted by molar-refractivity contribution is -0.122. The van der Waals surface area contributed by atoms with Crippen LogP contribution in [0.2, 0.25) is 0 Å². The Labute approximate surface area is 173 Å². The summed E-state index contributed by atoms with van der Waals surface area (Å²) < 4.78 is 0. The lowest BCUT2D eigenvalue weighted by atomic mass is 9.96. The number of rotatable bonds is 7. The number of benzene rings is 2. The summed E-state index contributed by atoms with van der Waals surface area (Å²) in [6.45, 7) is 1.76. The number of hydrogen-bond donors (Lipinski definition) is 3.